The molecule has 1 aliphatic heterocycles. The van der Waals surface area contributed by atoms with Crippen molar-refractivity contribution in [3.05, 3.63) is 0 Å². The first kappa shape index (κ1) is 13.9. The van der Waals surface area contributed by atoms with Crippen LogP contribution in [-0.4, -0.2) is 18.3 Å². The van der Waals surface area contributed by atoms with Crippen LogP contribution < -0.4 is 0 Å². The molecule has 0 spiro atoms. The molecule has 0 radical (unpaired) electrons. The third-order valence-electron chi connectivity index (χ3n) is 6.80. The fourth-order valence-corrected chi connectivity index (χ4v) is 4.55. The van der Waals surface area contributed by atoms with Crippen molar-refractivity contribution in [2.45, 2.75) is 78.3 Å². The van der Waals surface area contributed by atoms with E-state index in [1.807, 2.05) is 0 Å². The first-order valence-corrected chi connectivity index (χ1v) is 7.99. The van der Waals surface area contributed by atoms with Crippen molar-refractivity contribution in [1.82, 2.24) is 0 Å². The molecule has 19 heavy (non-hydrogen) atoms. The van der Waals surface area contributed by atoms with Crippen LogP contribution in [0.2, 0.25) is 6.32 Å². The van der Waals surface area contributed by atoms with Gasteiger partial charge in [0, 0.05) is 0 Å². The molecule has 2 nitrogen and oxygen atoms in total. The second kappa shape index (κ2) is 4.01. The van der Waals surface area contributed by atoms with Crippen LogP contribution in [0, 0.1) is 23.2 Å². The summed E-state index contributed by atoms with van der Waals surface area (Å²) in [4.78, 5) is 0. The molecule has 1 saturated heterocycles. The quantitative estimate of drug-likeness (QED) is 0.697. The van der Waals surface area contributed by atoms with Gasteiger partial charge in [-0.3, -0.25) is 0 Å². The molecule has 3 aliphatic carbocycles. The summed E-state index contributed by atoms with van der Waals surface area (Å²) < 4.78 is 12.4. The van der Waals surface area contributed by atoms with Crippen LogP contribution >= 0.6 is 0 Å². The summed E-state index contributed by atoms with van der Waals surface area (Å²) in [7, 11) is 0.00273. The largest absolute Gasteiger partial charge is 0.458 e. The Morgan fingerprint density at radius 2 is 1.53 bits per heavy atom. The first-order chi connectivity index (χ1) is 8.63. The average molecular weight is 264 g/mol. The summed E-state index contributed by atoms with van der Waals surface area (Å²) in [5, 5.41) is 0. The van der Waals surface area contributed by atoms with E-state index in [4.69, 9.17) is 9.31 Å². The van der Waals surface area contributed by atoms with E-state index in [0.717, 1.165) is 24.1 Å². The summed E-state index contributed by atoms with van der Waals surface area (Å²) in [6.45, 7) is 13.5. The van der Waals surface area contributed by atoms with Crippen LogP contribution in [0.3, 0.4) is 0 Å². The van der Waals surface area contributed by atoms with Crippen molar-refractivity contribution >= 4 is 7.12 Å². The average Bonchev–Trinajstić information content (AvgIpc) is 2.46. The first-order valence-electron chi connectivity index (χ1n) is 7.99. The van der Waals surface area contributed by atoms with Gasteiger partial charge in [-0.25, -0.2) is 0 Å². The van der Waals surface area contributed by atoms with Gasteiger partial charge in [-0.15, -0.1) is 0 Å². The Morgan fingerprint density at radius 1 is 0.947 bits per heavy atom. The zero-order valence-electron chi connectivity index (χ0n) is 13.5. The van der Waals surface area contributed by atoms with Gasteiger partial charge in [0.15, 0.2) is 0 Å². The number of fused-ring (bicyclic) bond motifs is 2. The molecule has 0 amide bonds. The van der Waals surface area contributed by atoms with Crippen molar-refractivity contribution in [3.8, 4) is 0 Å². The zero-order valence-corrected chi connectivity index (χ0v) is 13.5. The van der Waals surface area contributed by atoms with Crippen molar-refractivity contribution < 1.29 is 9.31 Å². The third kappa shape index (κ3) is 2.00. The molecule has 1 heterocycles. The molecule has 0 aromatic heterocycles. The van der Waals surface area contributed by atoms with Gasteiger partial charge in [-0.2, -0.15) is 0 Å². The van der Waals surface area contributed by atoms with E-state index in [1.165, 1.54) is 19.3 Å². The number of rotatable bonds is 2. The normalized spacial score (nSPS) is 42.0. The molecule has 3 heteroatoms. The van der Waals surface area contributed by atoms with Crippen molar-refractivity contribution in [2.75, 3.05) is 0 Å². The Hall–Kier alpha value is -0.0151. The molecule has 0 unspecified atom stereocenters. The van der Waals surface area contributed by atoms with Gasteiger partial charge in [0.25, 0.3) is 0 Å². The Kier molecular flexibility index (Phi) is 2.94. The second-order valence-corrected chi connectivity index (χ2v) is 8.62. The van der Waals surface area contributed by atoms with Crippen molar-refractivity contribution in [1.29, 1.82) is 0 Å². The minimum Gasteiger partial charge on any atom is -0.403 e. The third-order valence-corrected chi connectivity index (χ3v) is 6.80. The molecule has 108 valence electrons. The lowest BCUT2D eigenvalue weighted by molar-refractivity contribution is -0.100. The van der Waals surface area contributed by atoms with E-state index in [-0.39, 0.29) is 18.3 Å². The van der Waals surface area contributed by atoms with Gasteiger partial charge in [0.2, 0.25) is 0 Å². The van der Waals surface area contributed by atoms with E-state index in [1.54, 1.807) is 0 Å². The van der Waals surface area contributed by atoms with Gasteiger partial charge < -0.3 is 9.31 Å². The van der Waals surface area contributed by atoms with Crippen LogP contribution in [0.25, 0.3) is 0 Å². The monoisotopic (exact) mass is 264 g/mol. The Balaban J connectivity index is 1.64. The molecule has 4 aliphatic rings. The highest BCUT2D eigenvalue weighted by Gasteiger charge is 2.57. The van der Waals surface area contributed by atoms with Gasteiger partial charge in [0.05, 0.1) is 11.2 Å². The maximum Gasteiger partial charge on any atom is 0.458 e. The summed E-state index contributed by atoms with van der Waals surface area (Å²) in [5.74, 6) is 2.67. The molecule has 3 saturated carbocycles. The smallest absolute Gasteiger partial charge is 0.403 e. The van der Waals surface area contributed by atoms with Crippen LogP contribution in [0.1, 0.15) is 60.8 Å². The fraction of sp³-hybridized carbons (Fsp3) is 1.00. The zero-order chi connectivity index (χ0) is 14.1. The number of hydrogen-bond donors (Lipinski definition) is 0. The summed E-state index contributed by atoms with van der Waals surface area (Å²) in [5.41, 5.74) is 0.209. The SMILES string of the molecule is CC1(C)[C@H]2CC[C@@H](CB3OC(C)(C)C(C)(C)O3)[C@@H]1C2. The van der Waals surface area contributed by atoms with Crippen LogP contribution in [0.5, 0.6) is 0 Å². The van der Waals surface area contributed by atoms with E-state index in [9.17, 15) is 0 Å². The highest BCUT2D eigenvalue weighted by molar-refractivity contribution is 6.45. The van der Waals surface area contributed by atoms with E-state index >= 15 is 0 Å². The van der Waals surface area contributed by atoms with Gasteiger partial charge in [-0.1, -0.05) is 20.3 Å². The van der Waals surface area contributed by atoms with Gasteiger partial charge in [-0.05, 0) is 70.0 Å². The Labute approximate surface area is 118 Å². The molecule has 0 aromatic rings. The van der Waals surface area contributed by atoms with Gasteiger partial charge >= 0.3 is 7.12 Å². The van der Waals surface area contributed by atoms with Crippen LogP contribution in [-0.2, 0) is 9.31 Å². The predicted octanol–water partition coefficient (Wildman–Crippen LogP) is 4.15. The minimum absolute atomic E-state index is 0.00273. The molecule has 4 fully saturated rings. The highest BCUT2D eigenvalue weighted by Crippen LogP contribution is 2.62. The minimum atomic E-state index is -0.177. The van der Waals surface area contributed by atoms with E-state index < -0.39 is 0 Å². The van der Waals surface area contributed by atoms with Crippen LogP contribution in [0.15, 0.2) is 0 Å². The van der Waals surface area contributed by atoms with Crippen LogP contribution in [0.4, 0.5) is 0 Å². The highest BCUT2D eigenvalue weighted by atomic mass is 16.7. The summed E-state index contributed by atoms with van der Waals surface area (Å²) in [6, 6.07) is 0. The Morgan fingerprint density at radius 3 is 2.00 bits per heavy atom. The van der Waals surface area contributed by atoms with Crippen molar-refractivity contribution in [3.63, 3.8) is 0 Å². The second-order valence-electron chi connectivity index (χ2n) is 8.62. The molecule has 0 aromatic carbocycles. The summed E-state index contributed by atoms with van der Waals surface area (Å²) >= 11 is 0. The predicted molar refractivity (Wildman–Crippen MR) is 79.0 cm³/mol. The standard InChI is InChI=1S/C16H29BO2/c1-14(2)12-8-7-11(13(14)9-12)10-17-18-15(3,4)16(5,6)19-17/h11-13H,7-10H2,1-6H3/t11-,12-,13-/m0/s1. The lowest BCUT2D eigenvalue weighted by atomic mass is 9.43. The number of hydrogen-bond acceptors (Lipinski definition) is 2. The summed E-state index contributed by atoms with van der Waals surface area (Å²) in [6.07, 6.45) is 5.32. The lowest BCUT2D eigenvalue weighted by Gasteiger charge is -2.60. The van der Waals surface area contributed by atoms with Crippen molar-refractivity contribution in [2.24, 2.45) is 23.2 Å². The molecular formula is C16H29BO2. The molecule has 3 atom stereocenters. The maximum atomic E-state index is 6.18. The van der Waals surface area contributed by atoms with E-state index in [2.05, 4.69) is 41.5 Å². The Bertz CT molecular complexity index is 357. The molecular weight excluding hydrogens is 235 g/mol. The lowest BCUT2D eigenvalue weighted by Crippen LogP contribution is -2.53. The maximum absolute atomic E-state index is 6.18. The topological polar surface area (TPSA) is 18.5 Å². The molecule has 4 rings (SSSR count). The fourth-order valence-electron chi connectivity index (χ4n) is 4.55. The van der Waals surface area contributed by atoms with E-state index in [0.29, 0.717) is 5.41 Å². The molecule has 0 N–H and O–H groups in total. The van der Waals surface area contributed by atoms with Gasteiger partial charge in [0.1, 0.15) is 0 Å². The molecule has 2 bridgehead atoms.